The SMILES string of the molecule is C[Si](C)(C)OCC[CH2][Zr]([CH3])(=[SiH2])([C]1=CC=CC1)[CH]1C=Cc2ccccc21.Cl.Cl. The first-order valence-corrected chi connectivity index (χ1v) is 25.7. The zero-order valence-electron chi connectivity index (χ0n) is 17.0. The number of hydrogen-bond donors (Lipinski definition) is 0. The number of halogens is 2. The summed E-state index contributed by atoms with van der Waals surface area (Å²) in [5.41, 5.74) is 3.01. The smallest absolute Gasteiger partial charge is 0.147 e. The van der Waals surface area contributed by atoms with Crippen LogP contribution in [0.5, 0.6) is 0 Å². The second-order valence-electron chi connectivity index (χ2n) is 9.26. The number of hydrogen-bond acceptors (Lipinski definition) is 1. The zero-order chi connectivity index (χ0) is 18.2. The summed E-state index contributed by atoms with van der Waals surface area (Å²) in [6.45, 7) is 10.2. The van der Waals surface area contributed by atoms with E-state index in [-0.39, 0.29) is 24.8 Å². The topological polar surface area (TPSA) is 9.23 Å². The maximum absolute atomic E-state index is 6.19. The van der Waals surface area contributed by atoms with Crippen LogP contribution in [0.25, 0.3) is 6.08 Å². The van der Waals surface area contributed by atoms with Gasteiger partial charge in [0.1, 0.15) is 0 Å². The number of benzene rings is 1. The Bertz CT molecular complexity index is 824. The normalized spacial score (nSPS) is 18.6. The van der Waals surface area contributed by atoms with E-state index in [4.69, 9.17) is 4.43 Å². The minimum Gasteiger partial charge on any atom is -0.147 e. The predicted molar refractivity (Wildman–Crippen MR) is 128 cm³/mol. The number of fused-ring (bicyclic) bond motifs is 1. The van der Waals surface area contributed by atoms with Crippen LogP contribution in [0.3, 0.4) is 0 Å². The molecule has 0 amide bonds. The van der Waals surface area contributed by atoms with Gasteiger partial charge in [0.15, 0.2) is 0 Å². The molecule has 0 heterocycles. The molecule has 2 aliphatic carbocycles. The zero-order valence-corrected chi connectivity index (χ0v) is 23.5. The van der Waals surface area contributed by atoms with E-state index in [9.17, 15) is 0 Å². The first kappa shape index (κ1) is 25.3. The molecule has 150 valence electrons. The third-order valence-corrected chi connectivity index (χ3v) is 30.1. The molecule has 0 radical (unpaired) electrons. The van der Waals surface area contributed by atoms with E-state index in [0.29, 0.717) is 3.63 Å². The van der Waals surface area contributed by atoms with Gasteiger partial charge in [0.2, 0.25) is 0 Å². The molecule has 6 heteroatoms. The largest absolute Gasteiger partial charge is 0.147 e. The maximum Gasteiger partial charge on any atom is -0.147 e. The molecule has 1 aromatic rings. The molecule has 27 heavy (non-hydrogen) atoms. The van der Waals surface area contributed by atoms with Crippen molar-refractivity contribution in [2.45, 2.75) is 44.9 Å². The van der Waals surface area contributed by atoms with Crippen LogP contribution >= 0.6 is 24.8 Å². The van der Waals surface area contributed by atoms with E-state index in [0.717, 1.165) is 6.61 Å². The van der Waals surface area contributed by atoms with Crippen molar-refractivity contribution in [3.63, 3.8) is 0 Å². The molecule has 0 spiro atoms. The third kappa shape index (κ3) is 5.47. The van der Waals surface area contributed by atoms with Crippen molar-refractivity contribution >= 4 is 46.1 Å². The quantitative estimate of drug-likeness (QED) is 0.299. The minimum atomic E-state index is -3.13. The second-order valence-corrected chi connectivity index (χ2v) is 41.6. The average Bonchev–Trinajstić information content (AvgIpc) is 3.21. The van der Waals surface area contributed by atoms with Gasteiger partial charge >= 0.3 is 158 Å². The van der Waals surface area contributed by atoms with Gasteiger partial charge < -0.3 is 0 Å². The van der Waals surface area contributed by atoms with Crippen LogP contribution in [-0.4, -0.2) is 21.8 Å². The molecule has 1 unspecified atom stereocenters. The Morgan fingerprint density at radius 3 is 2.52 bits per heavy atom. The summed E-state index contributed by atoms with van der Waals surface area (Å²) in [7, 11) is -1.41. The summed E-state index contributed by atoms with van der Waals surface area (Å²) in [4.78, 5) is 0. The Kier molecular flexibility index (Phi) is 8.83. The Balaban J connectivity index is 0.00000182. The van der Waals surface area contributed by atoms with Gasteiger partial charge in [-0.25, -0.2) is 0 Å². The Morgan fingerprint density at radius 2 is 1.89 bits per heavy atom. The predicted octanol–water partition coefficient (Wildman–Crippen LogP) is 6.39. The van der Waals surface area contributed by atoms with Gasteiger partial charge in [-0.1, -0.05) is 0 Å². The molecule has 1 nitrogen and oxygen atoms in total. The minimum absolute atomic E-state index is 0. The van der Waals surface area contributed by atoms with Crippen LogP contribution in [0.15, 0.2) is 51.9 Å². The van der Waals surface area contributed by atoms with Gasteiger partial charge in [-0.2, -0.15) is 0 Å². The maximum atomic E-state index is 6.19. The summed E-state index contributed by atoms with van der Waals surface area (Å²) >= 11 is -3.13. The molecule has 0 aliphatic heterocycles. The average molecular weight is 521 g/mol. The van der Waals surface area contributed by atoms with Crippen LogP contribution in [0.2, 0.25) is 28.4 Å². The molecule has 3 rings (SSSR count). The van der Waals surface area contributed by atoms with Crippen LogP contribution in [0.4, 0.5) is 0 Å². The van der Waals surface area contributed by atoms with Crippen molar-refractivity contribution in [2.75, 3.05) is 6.61 Å². The van der Waals surface area contributed by atoms with E-state index >= 15 is 0 Å². The first-order valence-electron chi connectivity index (χ1n) is 9.53. The van der Waals surface area contributed by atoms with Crippen LogP contribution in [-0.2, 0) is 21.8 Å². The summed E-state index contributed by atoms with van der Waals surface area (Å²) < 4.78 is 12.7. The second kappa shape index (κ2) is 9.41. The molecule has 0 aromatic heterocycles. The van der Waals surface area contributed by atoms with E-state index in [1.54, 1.807) is 8.84 Å². The van der Waals surface area contributed by atoms with Crippen molar-refractivity contribution in [3.05, 3.63) is 63.0 Å². The van der Waals surface area contributed by atoms with Crippen molar-refractivity contribution in [2.24, 2.45) is 0 Å². The molecule has 0 N–H and O–H groups in total. The van der Waals surface area contributed by atoms with Gasteiger partial charge in [-0.15, -0.1) is 24.8 Å². The summed E-state index contributed by atoms with van der Waals surface area (Å²) in [6, 6.07) is 9.03. The van der Waals surface area contributed by atoms with Crippen molar-refractivity contribution in [1.29, 1.82) is 0 Å². The summed E-state index contributed by atoms with van der Waals surface area (Å²) in [5, 5.41) is 0. The molecule has 1 atom stereocenters. The molecule has 0 saturated heterocycles. The van der Waals surface area contributed by atoms with E-state index in [1.807, 2.05) is 0 Å². The fourth-order valence-electron chi connectivity index (χ4n) is 4.44. The molecule has 2 aliphatic rings. The third-order valence-electron chi connectivity index (χ3n) is 5.99. The Labute approximate surface area is 181 Å². The fraction of sp³-hybridized carbons (Fsp3) is 0.429. The summed E-state index contributed by atoms with van der Waals surface area (Å²) in [6.07, 6.45) is 14.4. The number of rotatable bonds is 7. The van der Waals surface area contributed by atoms with Crippen LogP contribution < -0.4 is 0 Å². The number of allylic oxidation sites excluding steroid dienone is 5. The molecule has 0 fully saturated rings. The molecular formula is C21H34Cl2OSi2Zr. The monoisotopic (exact) mass is 518 g/mol. The Morgan fingerprint density at radius 1 is 1.19 bits per heavy atom. The van der Waals surface area contributed by atoms with Gasteiger partial charge in [-0.3, -0.25) is 0 Å². The van der Waals surface area contributed by atoms with Gasteiger partial charge in [0, 0.05) is 0 Å². The Hall–Kier alpha value is 0.297. The van der Waals surface area contributed by atoms with E-state index in [1.165, 1.54) is 22.5 Å². The molecule has 0 bridgehead atoms. The fourth-order valence-corrected chi connectivity index (χ4v) is 23.4. The van der Waals surface area contributed by atoms with Gasteiger partial charge in [0.25, 0.3) is 0 Å². The standard InChI is InChI=1S/C9H7.C6H15OSi.C5H5.CH3.2ClH.H2Si.Zr/c1-2-5-9-7-3-6-8(9)4-1;1-5-6-7-8(2,3)4;1-2-4-5-3-1;;;;;/h1-7H;1,5-6H2,2-4H3;1-3H,4H2;1H3;2*1H;1H2;. The van der Waals surface area contributed by atoms with Crippen LogP contribution in [0.1, 0.15) is 27.6 Å². The van der Waals surface area contributed by atoms with E-state index < -0.39 is 25.7 Å². The van der Waals surface area contributed by atoms with E-state index in [2.05, 4.69) is 85.8 Å². The molecular weight excluding hydrogens is 487 g/mol. The first-order chi connectivity index (χ1) is 11.7. The van der Waals surface area contributed by atoms with Crippen molar-refractivity contribution in [3.8, 4) is 0 Å². The van der Waals surface area contributed by atoms with Gasteiger partial charge in [0.05, 0.1) is 0 Å². The van der Waals surface area contributed by atoms with Crippen LogP contribution in [0, 0.1) is 0 Å². The summed E-state index contributed by atoms with van der Waals surface area (Å²) in [5.74, 6) is 0. The molecule has 0 saturated carbocycles. The molecule has 1 aromatic carbocycles. The van der Waals surface area contributed by atoms with Crippen molar-refractivity contribution in [1.82, 2.24) is 0 Å². The van der Waals surface area contributed by atoms with Crippen molar-refractivity contribution < 1.29 is 21.8 Å². The van der Waals surface area contributed by atoms with Gasteiger partial charge in [-0.05, 0) is 0 Å².